The molecule has 0 radical (unpaired) electrons. The molecule has 1 fully saturated rings. The number of nitrogens with zero attached hydrogens (tertiary/aromatic N) is 3. The number of hydrogen-bond acceptors (Lipinski definition) is 3. The molecule has 2 heterocycles. The average Bonchev–Trinajstić information content (AvgIpc) is 3.13. The van der Waals surface area contributed by atoms with Crippen LogP contribution in [-0.2, 0) is 0 Å². The van der Waals surface area contributed by atoms with E-state index in [2.05, 4.69) is 26.7 Å². The Kier molecular flexibility index (Phi) is 2.55. The van der Waals surface area contributed by atoms with Gasteiger partial charge in [0, 0.05) is 12.1 Å². The number of aromatic amines is 1. The minimum absolute atomic E-state index is 0.137. The lowest BCUT2D eigenvalue weighted by Gasteiger charge is -2.14. The number of H-pyrrole nitrogens is 1. The highest BCUT2D eigenvalue weighted by atomic mass is 32.1. The average molecular weight is 246 g/mol. The smallest absolute Gasteiger partial charge is 0.195 e. The van der Waals surface area contributed by atoms with Crippen molar-refractivity contribution in [3.63, 3.8) is 0 Å². The maximum absolute atomic E-state index is 5.31. The SMILES string of the molecule is CC(c1ccccn1)n1c(C2CC2)n[nH]c1=S. The summed E-state index contributed by atoms with van der Waals surface area (Å²) in [6, 6.07) is 6.08. The zero-order chi connectivity index (χ0) is 11.8. The Labute approximate surface area is 105 Å². The van der Waals surface area contributed by atoms with Crippen molar-refractivity contribution in [1.29, 1.82) is 0 Å². The third-order valence-electron chi connectivity index (χ3n) is 3.18. The maximum Gasteiger partial charge on any atom is 0.195 e. The van der Waals surface area contributed by atoms with E-state index in [0.717, 1.165) is 11.5 Å². The molecule has 1 atom stereocenters. The third kappa shape index (κ3) is 1.91. The summed E-state index contributed by atoms with van der Waals surface area (Å²) in [5.74, 6) is 1.65. The van der Waals surface area contributed by atoms with Gasteiger partial charge in [-0.05, 0) is 44.1 Å². The number of rotatable bonds is 3. The van der Waals surface area contributed by atoms with Crippen LogP contribution in [0.2, 0.25) is 0 Å². The van der Waals surface area contributed by atoms with Gasteiger partial charge in [-0.2, -0.15) is 5.10 Å². The number of pyridine rings is 1. The Hall–Kier alpha value is -1.49. The molecule has 0 saturated heterocycles. The quantitative estimate of drug-likeness (QED) is 0.847. The first-order chi connectivity index (χ1) is 8.27. The fourth-order valence-corrected chi connectivity index (χ4v) is 2.37. The summed E-state index contributed by atoms with van der Waals surface area (Å²) in [6.07, 6.45) is 4.25. The molecule has 4 nitrogen and oxygen atoms in total. The van der Waals surface area contributed by atoms with Crippen LogP contribution in [0.25, 0.3) is 0 Å². The third-order valence-corrected chi connectivity index (χ3v) is 3.47. The first kappa shape index (κ1) is 10.7. The summed E-state index contributed by atoms with van der Waals surface area (Å²) in [5.41, 5.74) is 1.02. The zero-order valence-electron chi connectivity index (χ0n) is 9.63. The Morgan fingerprint density at radius 1 is 1.47 bits per heavy atom. The van der Waals surface area contributed by atoms with Crippen LogP contribution in [0.3, 0.4) is 0 Å². The molecule has 5 heteroatoms. The van der Waals surface area contributed by atoms with E-state index in [9.17, 15) is 0 Å². The summed E-state index contributed by atoms with van der Waals surface area (Å²) >= 11 is 5.31. The van der Waals surface area contributed by atoms with Crippen molar-refractivity contribution in [2.24, 2.45) is 0 Å². The number of aromatic nitrogens is 4. The van der Waals surface area contributed by atoms with E-state index < -0.39 is 0 Å². The highest BCUT2D eigenvalue weighted by Crippen LogP contribution is 2.40. The lowest BCUT2D eigenvalue weighted by atomic mass is 10.2. The van der Waals surface area contributed by atoms with Gasteiger partial charge in [0.25, 0.3) is 0 Å². The van der Waals surface area contributed by atoms with Crippen molar-refractivity contribution in [3.05, 3.63) is 40.7 Å². The molecule has 0 bridgehead atoms. The standard InChI is InChI=1S/C12H14N4S/c1-8(10-4-2-3-7-13-10)16-11(9-5-6-9)14-15-12(16)17/h2-4,7-9H,5-6H2,1H3,(H,15,17). The molecule has 2 aromatic rings. The van der Waals surface area contributed by atoms with Crippen molar-refractivity contribution in [2.45, 2.75) is 31.7 Å². The molecule has 2 aromatic heterocycles. The van der Waals surface area contributed by atoms with E-state index in [0.29, 0.717) is 10.7 Å². The molecular formula is C12H14N4S. The van der Waals surface area contributed by atoms with Gasteiger partial charge in [0.1, 0.15) is 5.82 Å². The molecule has 1 N–H and O–H groups in total. The summed E-state index contributed by atoms with van der Waals surface area (Å²) in [5, 5.41) is 7.24. The van der Waals surface area contributed by atoms with E-state index in [4.69, 9.17) is 12.2 Å². The van der Waals surface area contributed by atoms with Gasteiger partial charge in [0.15, 0.2) is 4.77 Å². The van der Waals surface area contributed by atoms with Gasteiger partial charge in [-0.25, -0.2) is 0 Å². The highest BCUT2D eigenvalue weighted by Gasteiger charge is 2.30. The fourth-order valence-electron chi connectivity index (χ4n) is 2.08. The second kappa shape index (κ2) is 4.07. The predicted octanol–water partition coefficient (Wildman–Crippen LogP) is 2.82. The van der Waals surface area contributed by atoms with Crippen LogP contribution in [0.5, 0.6) is 0 Å². The fraction of sp³-hybridized carbons (Fsp3) is 0.417. The molecule has 17 heavy (non-hydrogen) atoms. The van der Waals surface area contributed by atoms with Crippen LogP contribution in [0.4, 0.5) is 0 Å². The van der Waals surface area contributed by atoms with Crippen molar-refractivity contribution in [2.75, 3.05) is 0 Å². The van der Waals surface area contributed by atoms with E-state index in [1.807, 2.05) is 24.4 Å². The Bertz CT molecular complexity index is 568. The lowest BCUT2D eigenvalue weighted by molar-refractivity contribution is 0.581. The van der Waals surface area contributed by atoms with Gasteiger partial charge in [0.2, 0.25) is 0 Å². The monoisotopic (exact) mass is 246 g/mol. The predicted molar refractivity (Wildman–Crippen MR) is 67.4 cm³/mol. The van der Waals surface area contributed by atoms with Gasteiger partial charge >= 0.3 is 0 Å². The second-order valence-corrected chi connectivity index (χ2v) is 4.85. The Morgan fingerprint density at radius 2 is 2.29 bits per heavy atom. The topological polar surface area (TPSA) is 46.5 Å². The molecule has 0 aromatic carbocycles. The Balaban J connectivity index is 2.04. The first-order valence-corrected chi connectivity index (χ1v) is 6.26. The minimum Gasteiger partial charge on any atom is -0.295 e. The minimum atomic E-state index is 0.137. The van der Waals surface area contributed by atoms with E-state index >= 15 is 0 Å². The normalized spacial score (nSPS) is 17.0. The van der Waals surface area contributed by atoms with E-state index in [1.54, 1.807) is 0 Å². The number of hydrogen-bond donors (Lipinski definition) is 1. The zero-order valence-corrected chi connectivity index (χ0v) is 10.4. The van der Waals surface area contributed by atoms with Gasteiger partial charge in [-0.3, -0.25) is 14.6 Å². The lowest BCUT2D eigenvalue weighted by Crippen LogP contribution is -2.11. The van der Waals surface area contributed by atoms with Crippen LogP contribution in [-0.4, -0.2) is 19.7 Å². The van der Waals surface area contributed by atoms with Crippen LogP contribution < -0.4 is 0 Å². The molecule has 1 unspecified atom stereocenters. The molecular weight excluding hydrogens is 232 g/mol. The molecule has 1 saturated carbocycles. The van der Waals surface area contributed by atoms with Gasteiger partial charge in [-0.15, -0.1) is 0 Å². The van der Waals surface area contributed by atoms with Crippen molar-refractivity contribution in [3.8, 4) is 0 Å². The van der Waals surface area contributed by atoms with Crippen molar-refractivity contribution < 1.29 is 0 Å². The summed E-state index contributed by atoms with van der Waals surface area (Å²) in [6.45, 7) is 2.11. The molecule has 1 aliphatic carbocycles. The summed E-state index contributed by atoms with van der Waals surface area (Å²) in [7, 11) is 0. The summed E-state index contributed by atoms with van der Waals surface area (Å²) < 4.78 is 2.78. The largest absolute Gasteiger partial charge is 0.295 e. The second-order valence-electron chi connectivity index (χ2n) is 4.46. The van der Waals surface area contributed by atoms with Crippen molar-refractivity contribution >= 4 is 12.2 Å². The van der Waals surface area contributed by atoms with Crippen molar-refractivity contribution in [1.82, 2.24) is 19.7 Å². The molecule has 3 rings (SSSR count). The maximum atomic E-state index is 5.31. The number of nitrogens with one attached hydrogen (secondary N) is 1. The van der Waals surface area contributed by atoms with Crippen LogP contribution >= 0.6 is 12.2 Å². The summed E-state index contributed by atoms with van der Waals surface area (Å²) in [4.78, 5) is 4.39. The molecule has 0 spiro atoms. The Morgan fingerprint density at radius 3 is 2.94 bits per heavy atom. The van der Waals surface area contributed by atoms with Crippen LogP contribution in [0.1, 0.15) is 43.2 Å². The first-order valence-electron chi connectivity index (χ1n) is 5.85. The molecule has 0 aliphatic heterocycles. The van der Waals surface area contributed by atoms with Crippen LogP contribution in [0, 0.1) is 4.77 Å². The molecule has 1 aliphatic rings. The van der Waals surface area contributed by atoms with E-state index in [1.165, 1.54) is 12.8 Å². The van der Waals surface area contributed by atoms with E-state index in [-0.39, 0.29) is 6.04 Å². The van der Waals surface area contributed by atoms with Gasteiger partial charge in [-0.1, -0.05) is 6.07 Å². The molecule has 88 valence electrons. The van der Waals surface area contributed by atoms with Gasteiger partial charge < -0.3 is 0 Å². The molecule has 0 amide bonds. The van der Waals surface area contributed by atoms with Crippen LogP contribution in [0.15, 0.2) is 24.4 Å². The van der Waals surface area contributed by atoms with Gasteiger partial charge in [0.05, 0.1) is 11.7 Å². The highest BCUT2D eigenvalue weighted by molar-refractivity contribution is 7.71.